The van der Waals surface area contributed by atoms with Gasteiger partial charge in [-0.3, -0.25) is 4.79 Å². The minimum absolute atomic E-state index is 0.197. The summed E-state index contributed by atoms with van der Waals surface area (Å²) >= 11 is 0. The van der Waals surface area contributed by atoms with Gasteiger partial charge in [-0.1, -0.05) is 12.1 Å². The second-order valence-electron chi connectivity index (χ2n) is 7.88. The summed E-state index contributed by atoms with van der Waals surface area (Å²) in [4.78, 5) is 12.7. The molecular formula is C24H24FNO4S. The molecule has 3 aromatic carbocycles. The Morgan fingerprint density at radius 1 is 0.968 bits per heavy atom. The number of carbonyl (C=O) groups is 1. The number of benzene rings is 3. The highest BCUT2D eigenvalue weighted by atomic mass is 32.2. The topological polar surface area (TPSA) is 72.5 Å². The van der Waals surface area contributed by atoms with E-state index in [9.17, 15) is 17.6 Å². The van der Waals surface area contributed by atoms with Gasteiger partial charge in [-0.25, -0.2) is 12.8 Å². The zero-order valence-electron chi connectivity index (χ0n) is 17.6. The number of hydrogen-bond acceptors (Lipinski definition) is 4. The standard InChI is InChI=1S/C24H24FNO4S/c1-17-5-4-6-22(15-17)31(28,29)24(2,3)16-23(27)26-19-9-13-21(14-10-19)30-20-11-7-18(25)8-12-20/h4-15H,16H2,1-3H3,(H,26,27). The zero-order chi connectivity index (χ0) is 22.6. The van der Waals surface area contributed by atoms with Crippen molar-refractivity contribution in [3.8, 4) is 11.5 Å². The molecule has 3 rings (SSSR count). The number of amides is 1. The van der Waals surface area contributed by atoms with Crippen LogP contribution in [0.5, 0.6) is 11.5 Å². The molecule has 0 radical (unpaired) electrons. The van der Waals surface area contributed by atoms with Crippen LogP contribution in [0.25, 0.3) is 0 Å². The van der Waals surface area contributed by atoms with E-state index in [1.807, 2.05) is 13.0 Å². The summed E-state index contributed by atoms with van der Waals surface area (Å²) in [6.07, 6.45) is -0.197. The molecular weight excluding hydrogens is 417 g/mol. The summed E-state index contributed by atoms with van der Waals surface area (Å²) in [5, 5.41) is 2.72. The summed E-state index contributed by atoms with van der Waals surface area (Å²) in [5.41, 5.74) is 1.35. The van der Waals surface area contributed by atoms with Gasteiger partial charge < -0.3 is 10.1 Å². The molecule has 1 amide bonds. The highest BCUT2D eigenvalue weighted by Gasteiger charge is 2.37. The summed E-state index contributed by atoms with van der Waals surface area (Å²) in [7, 11) is -3.70. The Balaban J connectivity index is 1.65. The fourth-order valence-electron chi connectivity index (χ4n) is 3.03. The lowest BCUT2D eigenvalue weighted by Crippen LogP contribution is -2.36. The number of nitrogens with one attached hydrogen (secondary N) is 1. The predicted octanol–water partition coefficient (Wildman–Crippen LogP) is 5.51. The summed E-state index contributed by atoms with van der Waals surface area (Å²) < 4.78 is 43.3. The Morgan fingerprint density at radius 3 is 2.13 bits per heavy atom. The van der Waals surface area contributed by atoms with Crippen molar-refractivity contribution in [2.24, 2.45) is 0 Å². The van der Waals surface area contributed by atoms with Crippen molar-refractivity contribution in [3.05, 3.63) is 84.2 Å². The number of sulfone groups is 1. The van der Waals surface area contributed by atoms with Crippen LogP contribution < -0.4 is 10.1 Å². The van der Waals surface area contributed by atoms with Gasteiger partial charge in [0.25, 0.3) is 0 Å². The van der Waals surface area contributed by atoms with Gasteiger partial charge in [-0.2, -0.15) is 0 Å². The molecule has 0 saturated heterocycles. The van der Waals surface area contributed by atoms with E-state index in [1.54, 1.807) is 56.3 Å². The van der Waals surface area contributed by atoms with Crippen molar-refractivity contribution in [1.29, 1.82) is 0 Å². The number of ether oxygens (including phenoxy) is 1. The number of hydrogen-bond donors (Lipinski definition) is 1. The summed E-state index contributed by atoms with van der Waals surface area (Å²) in [6, 6.07) is 18.9. The van der Waals surface area contributed by atoms with Crippen LogP contribution in [0.2, 0.25) is 0 Å². The van der Waals surface area contributed by atoms with Gasteiger partial charge in [0.15, 0.2) is 9.84 Å². The van der Waals surface area contributed by atoms with Crippen LogP contribution in [0.3, 0.4) is 0 Å². The molecule has 0 spiro atoms. The van der Waals surface area contributed by atoms with Crippen LogP contribution in [0.15, 0.2) is 77.7 Å². The van der Waals surface area contributed by atoms with Crippen molar-refractivity contribution in [1.82, 2.24) is 0 Å². The predicted molar refractivity (Wildman–Crippen MR) is 119 cm³/mol. The molecule has 162 valence electrons. The molecule has 1 N–H and O–H groups in total. The minimum atomic E-state index is -3.70. The molecule has 7 heteroatoms. The van der Waals surface area contributed by atoms with Crippen molar-refractivity contribution in [2.75, 3.05) is 5.32 Å². The third-order valence-corrected chi connectivity index (χ3v) is 7.27. The van der Waals surface area contributed by atoms with Crippen LogP contribution in [0.4, 0.5) is 10.1 Å². The lowest BCUT2D eigenvalue weighted by Gasteiger charge is -2.24. The van der Waals surface area contributed by atoms with Crippen LogP contribution >= 0.6 is 0 Å². The van der Waals surface area contributed by atoms with Crippen LogP contribution in [-0.4, -0.2) is 19.1 Å². The Bertz CT molecular complexity index is 1170. The molecule has 0 aliphatic heterocycles. The van der Waals surface area contributed by atoms with E-state index in [-0.39, 0.29) is 17.1 Å². The Hall–Kier alpha value is -3.19. The lowest BCUT2D eigenvalue weighted by molar-refractivity contribution is -0.116. The average Bonchev–Trinajstić information content (AvgIpc) is 2.70. The maximum atomic E-state index is 13.0. The van der Waals surface area contributed by atoms with Crippen LogP contribution in [0, 0.1) is 12.7 Å². The molecule has 0 unspecified atom stereocenters. The monoisotopic (exact) mass is 441 g/mol. The van der Waals surface area contributed by atoms with Gasteiger partial charge in [0.1, 0.15) is 17.3 Å². The van der Waals surface area contributed by atoms with Crippen molar-refractivity contribution < 1.29 is 22.3 Å². The molecule has 0 aliphatic carbocycles. The summed E-state index contributed by atoms with van der Waals surface area (Å²) in [6.45, 7) is 4.91. The van der Waals surface area contributed by atoms with E-state index >= 15 is 0 Å². The number of halogens is 1. The zero-order valence-corrected chi connectivity index (χ0v) is 18.4. The first kappa shape index (κ1) is 22.5. The van der Waals surface area contributed by atoms with Gasteiger partial charge in [-0.15, -0.1) is 0 Å². The molecule has 0 bridgehead atoms. The average molecular weight is 442 g/mol. The van der Waals surface area contributed by atoms with Crippen molar-refractivity contribution >= 4 is 21.4 Å². The van der Waals surface area contributed by atoms with Gasteiger partial charge in [0.05, 0.1) is 9.64 Å². The minimum Gasteiger partial charge on any atom is -0.457 e. The van der Waals surface area contributed by atoms with Crippen LogP contribution in [-0.2, 0) is 14.6 Å². The highest BCUT2D eigenvalue weighted by Crippen LogP contribution is 2.30. The lowest BCUT2D eigenvalue weighted by atomic mass is 10.1. The van der Waals surface area contributed by atoms with Crippen molar-refractivity contribution in [3.63, 3.8) is 0 Å². The second kappa shape index (κ2) is 8.89. The molecule has 0 saturated carbocycles. The quantitative estimate of drug-likeness (QED) is 0.525. The van der Waals surface area contributed by atoms with E-state index in [4.69, 9.17) is 4.74 Å². The molecule has 0 heterocycles. The normalized spacial score (nSPS) is 11.7. The van der Waals surface area contributed by atoms with Gasteiger partial charge in [0.2, 0.25) is 5.91 Å². The maximum absolute atomic E-state index is 13.0. The van der Waals surface area contributed by atoms with E-state index in [1.165, 1.54) is 24.3 Å². The first-order valence-corrected chi connectivity index (χ1v) is 11.2. The van der Waals surface area contributed by atoms with Gasteiger partial charge in [-0.05, 0) is 87.0 Å². The fraction of sp³-hybridized carbons (Fsp3) is 0.208. The molecule has 0 fully saturated rings. The Kier molecular flexibility index (Phi) is 6.45. The van der Waals surface area contributed by atoms with E-state index < -0.39 is 20.5 Å². The third kappa shape index (κ3) is 5.49. The van der Waals surface area contributed by atoms with E-state index in [0.29, 0.717) is 17.2 Å². The number of anilines is 1. The second-order valence-corrected chi connectivity index (χ2v) is 10.5. The highest BCUT2D eigenvalue weighted by molar-refractivity contribution is 7.92. The first-order chi connectivity index (χ1) is 14.6. The van der Waals surface area contributed by atoms with Crippen LogP contribution in [0.1, 0.15) is 25.8 Å². The van der Waals surface area contributed by atoms with Crippen molar-refractivity contribution in [2.45, 2.75) is 36.8 Å². The number of carbonyl (C=O) groups excluding carboxylic acids is 1. The number of rotatable bonds is 7. The molecule has 0 atom stereocenters. The summed E-state index contributed by atoms with van der Waals surface area (Å²) in [5.74, 6) is 0.249. The molecule has 5 nitrogen and oxygen atoms in total. The van der Waals surface area contributed by atoms with Gasteiger partial charge in [0, 0.05) is 12.1 Å². The molecule has 0 aromatic heterocycles. The number of aryl methyl sites for hydroxylation is 1. The molecule has 3 aromatic rings. The molecule has 0 aliphatic rings. The smallest absolute Gasteiger partial charge is 0.225 e. The fourth-order valence-corrected chi connectivity index (χ4v) is 4.59. The van der Waals surface area contributed by atoms with E-state index in [2.05, 4.69) is 5.32 Å². The SMILES string of the molecule is Cc1cccc(S(=O)(=O)C(C)(C)CC(=O)Nc2ccc(Oc3ccc(F)cc3)cc2)c1. The van der Waals surface area contributed by atoms with E-state index in [0.717, 1.165) is 5.56 Å². The maximum Gasteiger partial charge on any atom is 0.225 e. The largest absolute Gasteiger partial charge is 0.457 e. The first-order valence-electron chi connectivity index (χ1n) is 9.71. The third-order valence-electron chi connectivity index (χ3n) is 4.80. The molecule has 31 heavy (non-hydrogen) atoms. The Morgan fingerprint density at radius 2 is 1.55 bits per heavy atom. The Labute approximate surface area is 181 Å². The van der Waals surface area contributed by atoms with Gasteiger partial charge >= 0.3 is 0 Å².